The molecule has 0 saturated heterocycles. The maximum atomic E-state index is 6.59. The summed E-state index contributed by atoms with van der Waals surface area (Å²) in [5.74, 6) is 0. The summed E-state index contributed by atoms with van der Waals surface area (Å²) in [6, 6.07) is 160. The summed E-state index contributed by atoms with van der Waals surface area (Å²) >= 11 is 0. The van der Waals surface area contributed by atoms with Crippen LogP contribution in [0.5, 0.6) is 0 Å². The molecule has 0 saturated carbocycles. The summed E-state index contributed by atoms with van der Waals surface area (Å²) in [5.41, 5.74) is 30.3. The van der Waals surface area contributed by atoms with E-state index in [-0.39, 0.29) is 0 Å². The van der Waals surface area contributed by atoms with E-state index in [0.29, 0.717) is 0 Å². The van der Waals surface area contributed by atoms with E-state index in [1.54, 1.807) is 0 Å². The molecule has 0 aliphatic rings. The van der Waals surface area contributed by atoms with E-state index in [0.717, 1.165) is 221 Å². The van der Waals surface area contributed by atoms with E-state index in [1.165, 1.54) is 75.4 Å². The number of aromatic nitrogens is 6. The first-order valence-corrected chi connectivity index (χ1v) is 47.7. The van der Waals surface area contributed by atoms with Crippen molar-refractivity contribution >= 4 is 196 Å². The molecule has 0 aliphatic carbocycles. The second-order valence-electron chi connectivity index (χ2n) is 36.4. The Morgan fingerprint density at radius 2 is 0.383 bits per heavy atom. The molecular formula is C132H78N6O3. The van der Waals surface area contributed by atoms with E-state index in [1.807, 2.05) is 42.9 Å². The molecule has 0 radical (unpaired) electrons. The fourth-order valence-corrected chi connectivity index (χ4v) is 21.8. The highest BCUT2D eigenvalue weighted by Crippen LogP contribution is 2.49. The highest BCUT2D eigenvalue weighted by molar-refractivity contribution is 6.29. The topological polar surface area (TPSA) is 117 Å². The normalized spacial score (nSPS) is 11.8. The van der Waals surface area contributed by atoms with Gasteiger partial charge in [0.2, 0.25) is 0 Å². The molecule has 6 heterocycles. The predicted octanol–water partition coefficient (Wildman–Crippen LogP) is 36.0. The van der Waals surface area contributed by atoms with Gasteiger partial charge in [-0.1, -0.05) is 413 Å². The highest BCUT2D eigenvalue weighted by Gasteiger charge is 2.25. The summed E-state index contributed by atoms with van der Waals surface area (Å²) in [6.07, 6.45) is 5.70. The molecule has 30 rings (SSSR count). The highest BCUT2D eigenvalue weighted by atomic mass is 16.3. The molecular weight excluding hydrogens is 1720 g/mol. The first kappa shape index (κ1) is 80.5. The molecule has 6 aromatic heterocycles. The Morgan fingerprint density at radius 1 is 0.142 bits per heavy atom. The molecule has 141 heavy (non-hydrogen) atoms. The van der Waals surface area contributed by atoms with Gasteiger partial charge in [-0.25, -0.2) is 15.0 Å². The molecule has 0 N–H and O–H groups in total. The molecule has 0 unspecified atom stereocenters. The van der Waals surface area contributed by atoms with Gasteiger partial charge in [0.1, 0.15) is 33.5 Å². The first-order valence-electron chi connectivity index (χ1n) is 47.7. The zero-order valence-electron chi connectivity index (χ0n) is 75.9. The van der Waals surface area contributed by atoms with Crippen molar-refractivity contribution in [2.24, 2.45) is 0 Å². The maximum Gasteiger partial charge on any atom is 0.143 e. The van der Waals surface area contributed by atoms with Gasteiger partial charge in [0, 0.05) is 98.0 Å². The third-order valence-corrected chi connectivity index (χ3v) is 28.5. The maximum absolute atomic E-state index is 6.59. The smallest absolute Gasteiger partial charge is 0.143 e. The number of furan rings is 3. The number of hydrogen-bond donors (Lipinski definition) is 0. The molecule has 0 atom stereocenters. The Morgan fingerprint density at radius 3 is 0.738 bits per heavy atom. The Balaban J connectivity index is 0.000000104. The largest absolute Gasteiger partial charge is 0.455 e. The van der Waals surface area contributed by atoms with Gasteiger partial charge < -0.3 is 13.3 Å². The molecule has 0 amide bonds. The van der Waals surface area contributed by atoms with Gasteiger partial charge in [-0.15, -0.1) is 0 Å². The minimum absolute atomic E-state index is 0.858. The van der Waals surface area contributed by atoms with Gasteiger partial charge in [-0.05, 0) is 157 Å². The van der Waals surface area contributed by atoms with Crippen molar-refractivity contribution in [3.05, 3.63) is 474 Å². The Hall–Kier alpha value is -19.0. The number of nitrogens with zero attached hydrogens (tertiary/aromatic N) is 6. The summed E-state index contributed by atoms with van der Waals surface area (Å²) in [4.78, 5) is 30.4. The van der Waals surface area contributed by atoms with Gasteiger partial charge in [-0.3, -0.25) is 15.0 Å². The summed E-state index contributed by atoms with van der Waals surface area (Å²) in [5, 5.41) is 28.1. The third-order valence-electron chi connectivity index (χ3n) is 28.5. The minimum Gasteiger partial charge on any atom is -0.455 e. The van der Waals surface area contributed by atoms with Crippen LogP contribution in [0, 0.1) is 0 Å². The molecule has 0 aliphatic heterocycles. The average molecular weight is 1800 g/mol. The van der Waals surface area contributed by atoms with Gasteiger partial charge in [0.15, 0.2) is 0 Å². The molecule has 654 valence electrons. The lowest BCUT2D eigenvalue weighted by Crippen LogP contribution is -1.92. The van der Waals surface area contributed by atoms with Crippen LogP contribution < -0.4 is 0 Å². The van der Waals surface area contributed by atoms with Crippen molar-refractivity contribution in [1.29, 1.82) is 0 Å². The van der Waals surface area contributed by atoms with Crippen molar-refractivity contribution in [1.82, 2.24) is 29.9 Å². The van der Waals surface area contributed by atoms with Crippen LogP contribution in [0.1, 0.15) is 0 Å². The van der Waals surface area contributed by atoms with Crippen LogP contribution in [0.3, 0.4) is 0 Å². The van der Waals surface area contributed by atoms with Gasteiger partial charge in [-0.2, -0.15) is 0 Å². The number of para-hydroxylation sites is 3. The Labute approximate surface area is 807 Å². The van der Waals surface area contributed by atoms with E-state index in [4.69, 9.17) is 43.2 Å². The summed E-state index contributed by atoms with van der Waals surface area (Å²) in [7, 11) is 0. The molecule has 30 aromatic rings. The van der Waals surface area contributed by atoms with Crippen LogP contribution in [0.15, 0.2) is 487 Å². The SMILES string of the molecule is c1cc(-c2ccc(-c3cnc4c5ccccc5c5ccccc5c4n3)cc2)cc(-c2cc3ccccc3c3c2oc2ccccc23)c1.c1ccc(-c2cc3ccccc3c3c2oc2ccccc23)c(-c2ccc(-c3cnc4c5ccccc5c5ccccc5c4n3)cc2)c1.c1ccc2c(c1)cc(-c1ccc(-c3ccc(-c4cnc5c6ccccc6c6ccccc6c5n4)cc3)cc1)c1oc3ccccc3c12. The van der Waals surface area contributed by atoms with E-state index in [2.05, 4.69) is 431 Å². The quantitative estimate of drug-likeness (QED) is 0.130. The molecule has 0 bridgehead atoms. The van der Waals surface area contributed by atoms with Crippen LogP contribution in [0.25, 0.3) is 296 Å². The predicted molar refractivity (Wildman–Crippen MR) is 587 cm³/mol. The van der Waals surface area contributed by atoms with Crippen LogP contribution in [0.4, 0.5) is 0 Å². The summed E-state index contributed by atoms with van der Waals surface area (Å²) < 4.78 is 19.6. The van der Waals surface area contributed by atoms with Crippen molar-refractivity contribution in [3.63, 3.8) is 0 Å². The standard InChI is InChI=1S/3C44H26N2O/c1-2-13-32-31(10-1)25-38(44-41(32)37-18-7-8-19-40(37)47-44)30-12-9-11-29(24-30)27-20-22-28(23-21-27)39-26-45-42-35-16-5-3-14-33(35)34-15-4-6-17-36(34)43(42)46-39;1-2-10-32-31(9-1)25-38(44-41(32)37-15-7-8-16-40(37)47-44)29-21-17-27(18-22-29)28-19-23-30(24-20-28)39-26-45-42-35-13-5-3-11-33(35)34-12-4-6-14-36(34)43(42)46-39;1-2-13-31-29(11-1)25-38(44-41(31)37-19-9-10-20-40(37)47-44)32-14-4-3-12-30(32)27-21-23-28(24-22-27)39-26-45-42-35-17-7-5-15-33(35)34-16-6-8-18-36(34)43(42)46-39/h3*1-26H. The fourth-order valence-electron chi connectivity index (χ4n) is 21.8. The van der Waals surface area contributed by atoms with Gasteiger partial charge in [0.05, 0.1) is 68.8 Å². The Bertz CT molecular complexity index is 10300. The van der Waals surface area contributed by atoms with E-state index >= 15 is 0 Å². The second kappa shape index (κ2) is 33.0. The lowest BCUT2D eigenvalue weighted by molar-refractivity contribution is 0.670. The second-order valence-corrected chi connectivity index (χ2v) is 36.4. The van der Waals surface area contributed by atoms with Crippen molar-refractivity contribution in [2.75, 3.05) is 0 Å². The van der Waals surface area contributed by atoms with Crippen LogP contribution >= 0.6 is 0 Å². The van der Waals surface area contributed by atoms with E-state index < -0.39 is 0 Å². The van der Waals surface area contributed by atoms with Crippen LogP contribution in [-0.4, -0.2) is 29.9 Å². The lowest BCUT2D eigenvalue weighted by Gasteiger charge is -2.13. The van der Waals surface area contributed by atoms with Crippen molar-refractivity contribution < 1.29 is 13.3 Å². The molecule has 0 fully saturated rings. The lowest BCUT2D eigenvalue weighted by atomic mass is 9.91. The fraction of sp³-hybridized carbons (Fsp3) is 0. The zero-order valence-corrected chi connectivity index (χ0v) is 75.9. The van der Waals surface area contributed by atoms with Gasteiger partial charge >= 0.3 is 0 Å². The molecule has 0 spiro atoms. The summed E-state index contributed by atoms with van der Waals surface area (Å²) in [6.45, 7) is 0. The number of hydrogen-bond acceptors (Lipinski definition) is 9. The molecule has 9 nitrogen and oxygen atoms in total. The monoisotopic (exact) mass is 1790 g/mol. The van der Waals surface area contributed by atoms with Crippen molar-refractivity contribution in [3.8, 4) is 101 Å². The molecule has 24 aromatic carbocycles. The minimum atomic E-state index is 0.858. The zero-order chi connectivity index (χ0) is 92.7. The van der Waals surface area contributed by atoms with Crippen LogP contribution in [-0.2, 0) is 0 Å². The average Bonchev–Trinajstić information content (AvgIpc) is 0.957. The first-order chi connectivity index (χ1) is 69.9. The number of rotatable bonds is 9. The van der Waals surface area contributed by atoms with Crippen molar-refractivity contribution in [2.45, 2.75) is 0 Å². The Kier molecular flexibility index (Phi) is 18.8. The van der Waals surface area contributed by atoms with Crippen LogP contribution in [0.2, 0.25) is 0 Å². The van der Waals surface area contributed by atoms with E-state index in [9.17, 15) is 0 Å². The number of fused-ring (bicyclic) bond motifs is 33. The van der Waals surface area contributed by atoms with Gasteiger partial charge in [0.25, 0.3) is 0 Å². The third kappa shape index (κ3) is 13.5. The molecule has 9 heteroatoms. The number of benzene rings is 24.